The lowest BCUT2D eigenvalue weighted by molar-refractivity contribution is 0.102. The molecule has 0 saturated carbocycles. The summed E-state index contributed by atoms with van der Waals surface area (Å²) in [5.41, 5.74) is 1.66. The van der Waals surface area contributed by atoms with E-state index in [0.29, 0.717) is 11.4 Å². The van der Waals surface area contributed by atoms with E-state index in [1.54, 1.807) is 24.0 Å². The molecule has 0 bridgehead atoms. The number of carbonyl (C=O) groups is 1. The van der Waals surface area contributed by atoms with Crippen LogP contribution in [0.15, 0.2) is 34.9 Å². The minimum absolute atomic E-state index is 0.149. The summed E-state index contributed by atoms with van der Waals surface area (Å²) in [5.74, 6) is 0.521. The number of rotatable bonds is 2. The highest BCUT2D eigenvalue weighted by Crippen LogP contribution is 2.19. The van der Waals surface area contributed by atoms with Crippen LogP contribution in [0.3, 0.4) is 0 Å². The number of aryl methyl sites for hydroxylation is 2. The van der Waals surface area contributed by atoms with Crippen molar-refractivity contribution < 1.29 is 4.79 Å². The van der Waals surface area contributed by atoms with Crippen LogP contribution in [0.5, 0.6) is 0 Å². The maximum Gasteiger partial charge on any atom is 0.257 e. The fraction of sp³-hybridized carbons (Fsp3) is 0.167. The predicted octanol–water partition coefficient (Wildman–Crippen LogP) is 2.74. The summed E-state index contributed by atoms with van der Waals surface area (Å²) in [7, 11) is 1.78. The third kappa shape index (κ3) is 2.55. The summed E-state index contributed by atoms with van der Waals surface area (Å²) < 4.78 is 2.39. The third-order valence-corrected chi connectivity index (χ3v) is 3.12. The van der Waals surface area contributed by atoms with Gasteiger partial charge in [-0.05, 0) is 35.0 Å². The maximum atomic E-state index is 12.1. The highest BCUT2D eigenvalue weighted by Gasteiger charge is 2.11. The second kappa shape index (κ2) is 4.71. The summed E-state index contributed by atoms with van der Waals surface area (Å²) in [6.45, 7) is 1.95. The van der Waals surface area contributed by atoms with Crippen LogP contribution in [-0.2, 0) is 7.05 Å². The molecule has 2 rings (SSSR count). The van der Waals surface area contributed by atoms with E-state index < -0.39 is 0 Å². The summed E-state index contributed by atoms with van der Waals surface area (Å²) >= 11 is 3.37. The average molecular weight is 294 g/mol. The molecular formula is C12H12BrN3O. The fourth-order valence-electron chi connectivity index (χ4n) is 1.49. The Labute approximate surface area is 108 Å². The number of halogens is 1. The average Bonchev–Trinajstić information content (AvgIpc) is 2.68. The molecule has 1 N–H and O–H groups in total. The van der Waals surface area contributed by atoms with Crippen molar-refractivity contribution in [2.75, 3.05) is 5.32 Å². The van der Waals surface area contributed by atoms with Crippen molar-refractivity contribution in [1.29, 1.82) is 0 Å². The number of hydrogen-bond donors (Lipinski definition) is 1. The van der Waals surface area contributed by atoms with E-state index in [0.717, 1.165) is 10.0 Å². The van der Waals surface area contributed by atoms with Crippen molar-refractivity contribution in [3.05, 3.63) is 46.1 Å². The van der Waals surface area contributed by atoms with Gasteiger partial charge in [0, 0.05) is 17.6 Å². The first-order valence-electron chi connectivity index (χ1n) is 5.13. The third-order valence-electron chi connectivity index (χ3n) is 2.43. The first-order chi connectivity index (χ1) is 8.08. The Balaban J connectivity index is 2.26. The molecule has 0 fully saturated rings. The highest BCUT2D eigenvalue weighted by atomic mass is 79.9. The second-order valence-electron chi connectivity index (χ2n) is 3.78. The number of benzene rings is 1. The molecule has 0 aliphatic heterocycles. The van der Waals surface area contributed by atoms with E-state index in [1.807, 2.05) is 25.1 Å². The van der Waals surface area contributed by atoms with Gasteiger partial charge in [0.15, 0.2) is 0 Å². The Morgan fingerprint density at radius 3 is 2.82 bits per heavy atom. The van der Waals surface area contributed by atoms with Gasteiger partial charge >= 0.3 is 0 Å². The Morgan fingerprint density at radius 2 is 2.18 bits per heavy atom. The normalized spacial score (nSPS) is 10.3. The molecular weight excluding hydrogens is 282 g/mol. The number of nitrogens with zero attached hydrogens (tertiary/aromatic N) is 2. The molecule has 1 amide bonds. The minimum atomic E-state index is -0.149. The summed E-state index contributed by atoms with van der Waals surface area (Å²) in [5, 5.41) is 6.80. The van der Waals surface area contributed by atoms with Crippen LogP contribution in [0, 0.1) is 6.92 Å². The number of anilines is 1. The van der Waals surface area contributed by atoms with E-state index in [9.17, 15) is 4.79 Å². The van der Waals surface area contributed by atoms with Crippen molar-refractivity contribution in [3.63, 3.8) is 0 Å². The summed E-state index contributed by atoms with van der Waals surface area (Å²) in [6.07, 6.45) is 1.64. The molecule has 0 radical (unpaired) electrons. The standard InChI is InChI=1S/C12H12BrN3O/c1-8-3-4-10(13)9(7-8)12(17)15-11-5-6-14-16(11)2/h3-7H,1-2H3,(H,15,17). The van der Waals surface area contributed by atoms with Gasteiger partial charge in [-0.1, -0.05) is 11.6 Å². The van der Waals surface area contributed by atoms with Gasteiger partial charge in [0.25, 0.3) is 5.91 Å². The van der Waals surface area contributed by atoms with E-state index in [4.69, 9.17) is 0 Å². The van der Waals surface area contributed by atoms with Crippen molar-refractivity contribution in [1.82, 2.24) is 9.78 Å². The molecule has 0 aliphatic rings. The van der Waals surface area contributed by atoms with E-state index >= 15 is 0 Å². The molecule has 17 heavy (non-hydrogen) atoms. The number of hydrogen-bond acceptors (Lipinski definition) is 2. The molecule has 4 nitrogen and oxygen atoms in total. The number of nitrogens with one attached hydrogen (secondary N) is 1. The zero-order valence-electron chi connectivity index (χ0n) is 9.57. The molecule has 0 spiro atoms. The SMILES string of the molecule is Cc1ccc(Br)c(C(=O)Nc2ccnn2C)c1. The van der Waals surface area contributed by atoms with Crippen molar-refractivity contribution in [2.45, 2.75) is 6.92 Å². The lowest BCUT2D eigenvalue weighted by atomic mass is 10.1. The molecule has 0 atom stereocenters. The van der Waals surface area contributed by atoms with E-state index in [1.165, 1.54) is 0 Å². The van der Waals surface area contributed by atoms with Gasteiger partial charge in [-0.3, -0.25) is 9.48 Å². The zero-order chi connectivity index (χ0) is 12.4. The zero-order valence-corrected chi connectivity index (χ0v) is 11.2. The highest BCUT2D eigenvalue weighted by molar-refractivity contribution is 9.10. The number of amides is 1. The van der Waals surface area contributed by atoms with Crippen molar-refractivity contribution in [3.8, 4) is 0 Å². The molecule has 0 unspecified atom stereocenters. The number of aromatic nitrogens is 2. The second-order valence-corrected chi connectivity index (χ2v) is 4.63. The Morgan fingerprint density at radius 1 is 1.41 bits per heavy atom. The van der Waals surface area contributed by atoms with Crippen LogP contribution in [0.1, 0.15) is 15.9 Å². The molecule has 1 heterocycles. The van der Waals surface area contributed by atoms with Crippen molar-refractivity contribution >= 4 is 27.7 Å². The fourth-order valence-corrected chi connectivity index (χ4v) is 1.92. The molecule has 1 aromatic carbocycles. The summed E-state index contributed by atoms with van der Waals surface area (Å²) in [6, 6.07) is 7.41. The number of carbonyl (C=O) groups excluding carboxylic acids is 1. The van der Waals surface area contributed by atoms with Gasteiger partial charge in [-0.2, -0.15) is 5.10 Å². The lowest BCUT2D eigenvalue weighted by Gasteiger charge is -2.07. The van der Waals surface area contributed by atoms with Crippen LogP contribution < -0.4 is 5.32 Å². The van der Waals surface area contributed by atoms with Gasteiger partial charge < -0.3 is 5.32 Å². The minimum Gasteiger partial charge on any atom is -0.307 e. The van der Waals surface area contributed by atoms with Crippen LogP contribution in [0.4, 0.5) is 5.82 Å². The molecule has 1 aromatic heterocycles. The topological polar surface area (TPSA) is 46.9 Å². The largest absolute Gasteiger partial charge is 0.307 e. The Kier molecular flexibility index (Phi) is 3.28. The van der Waals surface area contributed by atoms with Gasteiger partial charge in [0.1, 0.15) is 5.82 Å². The van der Waals surface area contributed by atoms with Crippen LogP contribution in [0.25, 0.3) is 0 Å². The van der Waals surface area contributed by atoms with Gasteiger partial charge in [0.05, 0.1) is 11.8 Å². The van der Waals surface area contributed by atoms with Crippen LogP contribution >= 0.6 is 15.9 Å². The van der Waals surface area contributed by atoms with Gasteiger partial charge in [0.2, 0.25) is 0 Å². The first-order valence-corrected chi connectivity index (χ1v) is 5.93. The van der Waals surface area contributed by atoms with Gasteiger partial charge in [-0.15, -0.1) is 0 Å². The molecule has 88 valence electrons. The molecule has 2 aromatic rings. The molecule has 0 aliphatic carbocycles. The Bertz CT molecular complexity index is 563. The smallest absolute Gasteiger partial charge is 0.257 e. The predicted molar refractivity (Wildman–Crippen MR) is 70.0 cm³/mol. The molecule has 5 heteroatoms. The van der Waals surface area contributed by atoms with Crippen LogP contribution in [0.2, 0.25) is 0 Å². The lowest BCUT2D eigenvalue weighted by Crippen LogP contribution is -2.15. The quantitative estimate of drug-likeness (QED) is 0.925. The van der Waals surface area contributed by atoms with Crippen LogP contribution in [-0.4, -0.2) is 15.7 Å². The first kappa shape index (κ1) is 11.9. The van der Waals surface area contributed by atoms with Crippen molar-refractivity contribution in [2.24, 2.45) is 7.05 Å². The maximum absolute atomic E-state index is 12.1. The van der Waals surface area contributed by atoms with Gasteiger partial charge in [-0.25, -0.2) is 0 Å². The summed E-state index contributed by atoms with van der Waals surface area (Å²) in [4.78, 5) is 12.1. The Hall–Kier alpha value is -1.62. The molecule has 0 saturated heterocycles. The van der Waals surface area contributed by atoms with E-state index in [-0.39, 0.29) is 5.91 Å². The monoisotopic (exact) mass is 293 g/mol. The van der Waals surface area contributed by atoms with E-state index in [2.05, 4.69) is 26.3 Å².